The summed E-state index contributed by atoms with van der Waals surface area (Å²) >= 11 is 0. The molecule has 10 heteroatoms. The lowest BCUT2D eigenvalue weighted by molar-refractivity contribution is -0.384. The van der Waals surface area contributed by atoms with Crippen LogP contribution < -0.4 is 5.32 Å². The number of nitrogens with zero attached hydrogens (tertiary/aromatic N) is 3. The van der Waals surface area contributed by atoms with Gasteiger partial charge in [0.05, 0.1) is 27.0 Å². The number of hydrogen-bond donors (Lipinski definition) is 1. The molecule has 0 saturated heterocycles. The first-order chi connectivity index (χ1) is 16.6. The van der Waals surface area contributed by atoms with Crippen LogP contribution in [-0.4, -0.2) is 29.0 Å². The molecular weight excluding hydrogens is 468 g/mol. The van der Waals surface area contributed by atoms with E-state index in [0.717, 1.165) is 5.56 Å². The number of hydrogen-bond acceptors (Lipinski definition) is 6. The van der Waals surface area contributed by atoms with E-state index in [2.05, 4.69) is 10.4 Å². The highest BCUT2D eigenvalue weighted by molar-refractivity contribution is 7.90. The Hall–Kier alpha value is -4.31. The predicted molar refractivity (Wildman–Crippen MR) is 131 cm³/mol. The Morgan fingerprint density at radius 2 is 1.60 bits per heavy atom. The van der Waals surface area contributed by atoms with Crippen LogP contribution in [-0.2, 0) is 15.6 Å². The first-order valence-corrected chi connectivity index (χ1v) is 12.3. The predicted octanol–water partition coefficient (Wildman–Crippen LogP) is 4.62. The maximum Gasteiger partial charge on any atom is 0.269 e. The summed E-state index contributed by atoms with van der Waals surface area (Å²) in [5, 5.41) is 18.0. The fraction of sp³-hybridized carbons (Fsp3) is 0.120. The average molecular weight is 491 g/mol. The Balaban J connectivity index is 1.49. The molecule has 3 aromatic carbocycles. The van der Waals surface area contributed by atoms with Gasteiger partial charge in [-0.05, 0) is 55.8 Å². The van der Waals surface area contributed by atoms with Gasteiger partial charge in [-0.1, -0.05) is 29.8 Å². The second kappa shape index (κ2) is 9.51. The van der Waals surface area contributed by atoms with E-state index in [1.807, 2.05) is 6.92 Å². The van der Waals surface area contributed by atoms with E-state index >= 15 is 0 Å². The van der Waals surface area contributed by atoms with Crippen LogP contribution in [0.25, 0.3) is 5.69 Å². The molecule has 4 rings (SSSR count). The van der Waals surface area contributed by atoms with Crippen molar-refractivity contribution < 1.29 is 18.1 Å². The van der Waals surface area contributed by atoms with E-state index in [0.29, 0.717) is 28.3 Å². The number of benzene rings is 3. The van der Waals surface area contributed by atoms with Gasteiger partial charge in [-0.2, -0.15) is 5.10 Å². The van der Waals surface area contributed by atoms with Crippen LogP contribution in [0.15, 0.2) is 83.8 Å². The van der Waals surface area contributed by atoms with Gasteiger partial charge in [-0.3, -0.25) is 14.9 Å². The molecule has 0 saturated carbocycles. The molecule has 0 spiro atoms. The van der Waals surface area contributed by atoms with Crippen molar-refractivity contribution in [1.29, 1.82) is 0 Å². The second-order valence-corrected chi connectivity index (χ2v) is 10.1. The average Bonchev–Trinajstić information content (AvgIpc) is 3.19. The summed E-state index contributed by atoms with van der Waals surface area (Å²) in [6, 6.07) is 20.5. The molecule has 1 aromatic heterocycles. The van der Waals surface area contributed by atoms with Crippen LogP contribution in [0, 0.1) is 24.0 Å². The zero-order chi connectivity index (χ0) is 25.2. The van der Waals surface area contributed by atoms with E-state index in [-0.39, 0.29) is 16.3 Å². The van der Waals surface area contributed by atoms with Crippen LogP contribution in [0.1, 0.15) is 27.2 Å². The lowest BCUT2D eigenvalue weighted by Crippen LogP contribution is -2.15. The number of non-ortho nitro benzene ring substituents is 1. The molecule has 0 aliphatic rings. The first-order valence-electron chi connectivity index (χ1n) is 10.6. The van der Waals surface area contributed by atoms with Crippen molar-refractivity contribution in [3.63, 3.8) is 0 Å². The third kappa shape index (κ3) is 5.44. The van der Waals surface area contributed by atoms with Crippen molar-refractivity contribution in [1.82, 2.24) is 9.78 Å². The smallest absolute Gasteiger partial charge is 0.269 e. The van der Waals surface area contributed by atoms with E-state index < -0.39 is 20.7 Å². The molecule has 1 amide bonds. The number of sulfone groups is 1. The normalized spacial score (nSPS) is 11.3. The Morgan fingerprint density at radius 1 is 0.971 bits per heavy atom. The van der Waals surface area contributed by atoms with Crippen molar-refractivity contribution in [3.05, 3.63) is 111 Å². The minimum atomic E-state index is -3.51. The summed E-state index contributed by atoms with van der Waals surface area (Å²) in [6.45, 7) is 3.65. The number of nitrogens with one attached hydrogen (secondary N) is 1. The van der Waals surface area contributed by atoms with Gasteiger partial charge < -0.3 is 5.32 Å². The molecule has 1 heterocycles. The van der Waals surface area contributed by atoms with E-state index in [1.54, 1.807) is 73.7 Å². The molecule has 35 heavy (non-hydrogen) atoms. The maximum atomic E-state index is 12.8. The summed E-state index contributed by atoms with van der Waals surface area (Å²) in [5.74, 6) is -0.183. The highest BCUT2D eigenvalue weighted by Crippen LogP contribution is 2.22. The third-order valence-corrected chi connectivity index (χ3v) is 7.03. The number of anilines is 1. The standard InChI is InChI=1S/C25H22N4O5S/c1-17-3-13-23(14-4-17)35(33,34)16-19-5-7-20(8-6-19)25(30)26-24-15-18(2)27-28(24)21-9-11-22(12-10-21)29(31)32/h3-15H,16H2,1-2H3,(H,26,30). The van der Waals surface area contributed by atoms with Gasteiger partial charge in [0.2, 0.25) is 0 Å². The summed E-state index contributed by atoms with van der Waals surface area (Å²) in [4.78, 5) is 23.5. The van der Waals surface area contributed by atoms with E-state index in [4.69, 9.17) is 0 Å². The molecular formula is C25H22N4O5S. The van der Waals surface area contributed by atoms with Crippen LogP contribution in [0.4, 0.5) is 11.5 Å². The summed E-state index contributed by atoms with van der Waals surface area (Å²) < 4.78 is 26.8. The van der Waals surface area contributed by atoms with Gasteiger partial charge in [0.15, 0.2) is 9.84 Å². The number of aromatic nitrogens is 2. The zero-order valence-corrected chi connectivity index (χ0v) is 19.8. The number of carbonyl (C=O) groups is 1. The molecule has 0 radical (unpaired) electrons. The van der Waals surface area contributed by atoms with Crippen LogP contribution in [0.2, 0.25) is 0 Å². The second-order valence-electron chi connectivity index (χ2n) is 8.08. The fourth-order valence-corrected chi connectivity index (χ4v) is 4.84. The van der Waals surface area contributed by atoms with Crippen LogP contribution >= 0.6 is 0 Å². The van der Waals surface area contributed by atoms with Crippen molar-refractivity contribution >= 4 is 27.2 Å². The monoisotopic (exact) mass is 490 g/mol. The number of nitro groups is 1. The Morgan fingerprint density at radius 3 is 2.20 bits per heavy atom. The number of rotatable bonds is 7. The topological polar surface area (TPSA) is 124 Å². The Bertz CT molecular complexity index is 1490. The number of carbonyl (C=O) groups excluding carboxylic acids is 1. The molecule has 0 bridgehead atoms. The molecule has 4 aromatic rings. The minimum Gasteiger partial charge on any atom is -0.306 e. The van der Waals surface area contributed by atoms with Gasteiger partial charge in [0.25, 0.3) is 11.6 Å². The Labute approximate surface area is 202 Å². The summed E-state index contributed by atoms with van der Waals surface area (Å²) in [5.41, 5.74) is 3.03. The quantitative estimate of drug-likeness (QED) is 0.298. The van der Waals surface area contributed by atoms with Gasteiger partial charge in [0, 0.05) is 23.8 Å². The summed E-state index contributed by atoms with van der Waals surface area (Å²) in [7, 11) is -3.51. The highest BCUT2D eigenvalue weighted by Gasteiger charge is 2.17. The molecule has 0 fully saturated rings. The fourth-order valence-electron chi connectivity index (χ4n) is 3.49. The maximum absolute atomic E-state index is 12.8. The lowest BCUT2D eigenvalue weighted by atomic mass is 10.1. The van der Waals surface area contributed by atoms with Crippen LogP contribution in [0.5, 0.6) is 0 Å². The molecule has 9 nitrogen and oxygen atoms in total. The van der Waals surface area contributed by atoms with Crippen molar-refractivity contribution in [2.75, 3.05) is 5.32 Å². The van der Waals surface area contributed by atoms with Crippen molar-refractivity contribution in [3.8, 4) is 5.69 Å². The number of aryl methyl sites for hydroxylation is 2. The van der Waals surface area contributed by atoms with Gasteiger partial charge >= 0.3 is 0 Å². The number of nitro benzene ring substituents is 1. The largest absolute Gasteiger partial charge is 0.306 e. The third-order valence-electron chi connectivity index (χ3n) is 5.33. The molecule has 0 aliphatic heterocycles. The van der Waals surface area contributed by atoms with Gasteiger partial charge in [0.1, 0.15) is 5.82 Å². The van der Waals surface area contributed by atoms with Gasteiger partial charge in [-0.15, -0.1) is 0 Å². The summed E-state index contributed by atoms with van der Waals surface area (Å²) in [6.07, 6.45) is 0. The highest BCUT2D eigenvalue weighted by atomic mass is 32.2. The van der Waals surface area contributed by atoms with Crippen molar-refractivity contribution in [2.45, 2.75) is 24.5 Å². The zero-order valence-electron chi connectivity index (χ0n) is 19.0. The molecule has 0 aliphatic carbocycles. The van der Waals surface area contributed by atoms with E-state index in [1.165, 1.54) is 16.8 Å². The lowest BCUT2D eigenvalue weighted by Gasteiger charge is -2.10. The molecule has 0 atom stereocenters. The minimum absolute atomic E-state index is 0.0484. The number of amides is 1. The molecule has 1 N–H and O–H groups in total. The molecule has 0 unspecified atom stereocenters. The SMILES string of the molecule is Cc1ccc(S(=O)(=O)Cc2ccc(C(=O)Nc3cc(C)nn3-c3ccc([N+](=O)[O-])cc3)cc2)cc1. The van der Waals surface area contributed by atoms with E-state index in [9.17, 15) is 23.3 Å². The Kier molecular flexibility index (Phi) is 6.48. The van der Waals surface area contributed by atoms with Gasteiger partial charge in [-0.25, -0.2) is 13.1 Å². The molecule has 178 valence electrons. The first kappa shape index (κ1) is 23.8. The van der Waals surface area contributed by atoms with Crippen LogP contribution in [0.3, 0.4) is 0 Å². The van der Waals surface area contributed by atoms with Crippen molar-refractivity contribution in [2.24, 2.45) is 0 Å².